The molecule has 0 spiro atoms. The number of hydrogen-bond acceptors (Lipinski definition) is 3. The molecule has 0 radical (unpaired) electrons. The maximum absolute atomic E-state index is 11.7. The van der Waals surface area contributed by atoms with E-state index in [4.69, 9.17) is 5.73 Å². The lowest BCUT2D eigenvalue weighted by Crippen LogP contribution is -2.35. The van der Waals surface area contributed by atoms with Crippen LogP contribution in [-0.2, 0) is 10.0 Å². The fourth-order valence-corrected chi connectivity index (χ4v) is 3.34. The van der Waals surface area contributed by atoms with Crippen LogP contribution in [0, 0.1) is 0 Å². The molecule has 0 aromatic carbocycles. The molecule has 3 N–H and O–H groups in total. The molecule has 0 amide bonds. The lowest BCUT2D eigenvalue weighted by atomic mass is 10.3. The highest BCUT2D eigenvalue weighted by atomic mass is 32.2. The molecule has 1 fully saturated rings. The van der Waals surface area contributed by atoms with E-state index in [1.807, 2.05) is 6.92 Å². The summed E-state index contributed by atoms with van der Waals surface area (Å²) in [5, 5.41) is -0.157. The van der Waals surface area contributed by atoms with Crippen molar-refractivity contribution >= 4 is 10.0 Å². The van der Waals surface area contributed by atoms with Crippen molar-refractivity contribution < 1.29 is 8.42 Å². The van der Waals surface area contributed by atoms with Gasteiger partial charge >= 0.3 is 0 Å². The summed E-state index contributed by atoms with van der Waals surface area (Å²) in [6, 6.07) is 0.0567. The molecule has 14 heavy (non-hydrogen) atoms. The molecule has 0 bridgehead atoms. The van der Waals surface area contributed by atoms with Crippen LogP contribution < -0.4 is 10.5 Å². The van der Waals surface area contributed by atoms with E-state index in [2.05, 4.69) is 4.72 Å². The van der Waals surface area contributed by atoms with E-state index in [1.165, 1.54) is 0 Å². The lowest BCUT2D eigenvalue weighted by molar-refractivity contribution is 0.556. The van der Waals surface area contributed by atoms with Crippen molar-refractivity contribution in [3.63, 3.8) is 0 Å². The molecule has 0 aromatic rings. The van der Waals surface area contributed by atoms with Gasteiger partial charge in [0.25, 0.3) is 0 Å². The summed E-state index contributed by atoms with van der Waals surface area (Å²) in [6.45, 7) is 2.35. The Morgan fingerprint density at radius 1 is 1.43 bits per heavy atom. The van der Waals surface area contributed by atoms with Crippen LogP contribution >= 0.6 is 0 Å². The third-order valence-corrected chi connectivity index (χ3v) is 4.60. The van der Waals surface area contributed by atoms with Gasteiger partial charge in [-0.1, -0.05) is 12.8 Å². The second-order valence-electron chi connectivity index (χ2n) is 4.11. The van der Waals surface area contributed by atoms with E-state index in [0.29, 0.717) is 13.0 Å². The van der Waals surface area contributed by atoms with Gasteiger partial charge in [-0.25, -0.2) is 13.1 Å². The normalized spacial score (nSPS) is 21.3. The van der Waals surface area contributed by atoms with Gasteiger partial charge in [-0.15, -0.1) is 0 Å². The zero-order valence-corrected chi connectivity index (χ0v) is 9.52. The van der Waals surface area contributed by atoms with Crippen LogP contribution in [-0.4, -0.2) is 26.3 Å². The fraction of sp³-hybridized carbons (Fsp3) is 1.00. The molecular formula is C9H20N2O2S. The Morgan fingerprint density at radius 3 is 2.50 bits per heavy atom. The van der Waals surface area contributed by atoms with Crippen LogP contribution in [0.25, 0.3) is 0 Å². The predicted octanol–water partition coefficient (Wildman–Crippen LogP) is 0.586. The van der Waals surface area contributed by atoms with E-state index >= 15 is 0 Å². The molecule has 0 aliphatic heterocycles. The zero-order valence-electron chi connectivity index (χ0n) is 8.70. The first kappa shape index (κ1) is 11.9. The second-order valence-corrected chi connectivity index (χ2v) is 6.16. The molecule has 84 valence electrons. The highest BCUT2D eigenvalue weighted by Crippen LogP contribution is 2.23. The maximum Gasteiger partial charge on any atom is 0.214 e. The summed E-state index contributed by atoms with van der Waals surface area (Å²) in [7, 11) is -3.06. The number of hydrogen-bond donors (Lipinski definition) is 2. The Hall–Kier alpha value is -0.130. The van der Waals surface area contributed by atoms with E-state index in [1.54, 1.807) is 0 Å². The summed E-state index contributed by atoms with van der Waals surface area (Å²) in [5.41, 5.74) is 5.54. The Bertz CT molecular complexity index is 256. The van der Waals surface area contributed by atoms with Gasteiger partial charge in [0.1, 0.15) is 0 Å². The topological polar surface area (TPSA) is 72.2 Å². The van der Waals surface area contributed by atoms with Gasteiger partial charge in [0.05, 0.1) is 5.25 Å². The number of nitrogens with one attached hydrogen (secondary N) is 1. The molecule has 1 aliphatic rings. The van der Waals surface area contributed by atoms with Gasteiger partial charge in [-0.05, 0) is 26.2 Å². The average Bonchev–Trinajstić information content (AvgIpc) is 2.54. The van der Waals surface area contributed by atoms with Crippen molar-refractivity contribution in [3.05, 3.63) is 0 Å². The smallest absolute Gasteiger partial charge is 0.214 e. The quantitative estimate of drug-likeness (QED) is 0.712. The molecule has 1 atom stereocenters. The third kappa shape index (κ3) is 3.55. The first-order valence-electron chi connectivity index (χ1n) is 5.26. The molecule has 5 heteroatoms. The minimum absolute atomic E-state index is 0.0567. The SMILES string of the molecule is CC(N)CCNS(=O)(=O)C1CCCC1. The zero-order chi connectivity index (χ0) is 10.6. The number of nitrogens with two attached hydrogens (primary N) is 1. The molecule has 1 rings (SSSR count). The predicted molar refractivity (Wildman–Crippen MR) is 57.4 cm³/mol. The van der Waals surface area contributed by atoms with Gasteiger partial charge < -0.3 is 5.73 Å². The fourth-order valence-electron chi connectivity index (χ4n) is 1.75. The van der Waals surface area contributed by atoms with Crippen molar-refractivity contribution in [2.75, 3.05) is 6.54 Å². The molecular weight excluding hydrogens is 200 g/mol. The molecule has 0 heterocycles. The lowest BCUT2D eigenvalue weighted by Gasteiger charge is -2.12. The first-order valence-corrected chi connectivity index (χ1v) is 6.81. The number of sulfonamides is 1. The Labute approximate surface area is 86.3 Å². The van der Waals surface area contributed by atoms with E-state index in [0.717, 1.165) is 25.7 Å². The van der Waals surface area contributed by atoms with Crippen LogP contribution in [0.4, 0.5) is 0 Å². The standard InChI is InChI=1S/C9H20N2O2S/c1-8(10)6-7-11-14(12,13)9-4-2-3-5-9/h8-9,11H,2-7,10H2,1H3. The Morgan fingerprint density at radius 2 is 2.00 bits per heavy atom. The van der Waals surface area contributed by atoms with Crippen molar-refractivity contribution in [1.29, 1.82) is 0 Å². The highest BCUT2D eigenvalue weighted by Gasteiger charge is 2.27. The Balaban J connectivity index is 2.34. The van der Waals surface area contributed by atoms with Crippen LogP contribution in [0.3, 0.4) is 0 Å². The molecule has 1 saturated carbocycles. The van der Waals surface area contributed by atoms with Crippen LogP contribution in [0.2, 0.25) is 0 Å². The molecule has 0 saturated heterocycles. The largest absolute Gasteiger partial charge is 0.328 e. The van der Waals surface area contributed by atoms with Gasteiger partial charge in [0.2, 0.25) is 10.0 Å². The summed E-state index contributed by atoms with van der Waals surface area (Å²) >= 11 is 0. The first-order chi connectivity index (χ1) is 6.52. The number of rotatable bonds is 5. The van der Waals surface area contributed by atoms with E-state index in [-0.39, 0.29) is 11.3 Å². The van der Waals surface area contributed by atoms with Gasteiger partial charge in [0.15, 0.2) is 0 Å². The minimum atomic E-state index is -3.06. The van der Waals surface area contributed by atoms with Crippen molar-refractivity contribution in [3.8, 4) is 0 Å². The monoisotopic (exact) mass is 220 g/mol. The highest BCUT2D eigenvalue weighted by molar-refractivity contribution is 7.90. The van der Waals surface area contributed by atoms with Crippen LogP contribution in [0.1, 0.15) is 39.0 Å². The van der Waals surface area contributed by atoms with Crippen LogP contribution in [0.5, 0.6) is 0 Å². The average molecular weight is 220 g/mol. The minimum Gasteiger partial charge on any atom is -0.328 e. The van der Waals surface area contributed by atoms with Gasteiger partial charge in [-0.2, -0.15) is 0 Å². The molecule has 4 nitrogen and oxygen atoms in total. The summed E-state index contributed by atoms with van der Waals surface area (Å²) in [6.07, 6.45) is 4.41. The van der Waals surface area contributed by atoms with Crippen molar-refractivity contribution in [2.45, 2.75) is 50.3 Å². The summed E-state index contributed by atoms with van der Waals surface area (Å²) in [5.74, 6) is 0. The third-order valence-electron chi connectivity index (χ3n) is 2.64. The van der Waals surface area contributed by atoms with Crippen molar-refractivity contribution in [1.82, 2.24) is 4.72 Å². The van der Waals surface area contributed by atoms with Gasteiger partial charge in [-0.3, -0.25) is 0 Å². The maximum atomic E-state index is 11.7. The van der Waals surface area contributed by atoms with E-state index in [9.17, 15) is 8.42 Å². The van der Waals surface area contributed by atoms with Crippen LogP contribution in [0.15, 0.2) is 0 Å². The molecule has 0 aromatic heterocycles. The molecule has 1 aliphatic carbocycles. The second kappa shape index (κ2) is 5.09. The van der Waals surface area contributed by atoms with Gasteiger partial charge in [0, 0.05) is 12.6 Å². The Kier molecular flexibility index (Phi) is 4.34. The van der Waals surface area contributed by atoms with Crippen molar-refractivity contribution in [2.24, 2.45) is 5.73 Å². The summed E-state index contributed by atoms with van der Waals surface area (Å²) in [4.78, 5) is 0. The summed E-state index contributed by atoms with van der Waals surface area (Å²) < 4.78 is 25.9. The molecule has 1 unspecified atom stereocenters. The van der Waals surface area contributed by atoms with E-state index < -0.39 is 10.0 Å².